The molecule has 4 heteroatoms. The lowest BCUT2D eigenvalue weighted by Gasteiger charge is -2.36. The number of benzene rings is 1. The van der Waals surface area contributed by atoms with Crippen molar-refractivity contribution in [3.8, 4) is 0 Å². The van der Waals surface area contributed by atoms with Crippen LogP contribution in [0.25, 0.3) is 0 Å². The summed E-state index contributed by atoms with van der Waals surface area (Å²) in [6, 6.07) is 10.6. The van der Waals surface area contributed by atoms with Gasteiger partial charge in [0.2, 0.25) is 0 Å². The molecule has 0 aromatic heterocycles. The minimum absolute atomic E-state index is 0.187. The molecule has 1 fully saturated rings. The van der Waals surface area contributed by atoms with E-state index in [9.17, 15) is 5.11 Å². The molecule has 0 radical (unpaired) electrons. The molecular formula is C15H24N2OS. The van der Waals surface area contributed by atoms with Crippen LogP contribution in [0.5, 0.6) is 0 Å². The van der Waals surface area contributed by atoms with Gasteiger partial charge in [0, 0.05) is 44.2 Å². The first-order valence-corrected chi connectivity index (χ1v) is 8.23. The zero-order valence-electron chi connectivity index (χ0n) is 11.7. The van der Waals surface area contributed by atoms with Crippen LogP contribution in [-0.2, 0) is 0 Å². The van der Waals surface area contributed by atoms with Gasteiger partial charge in [0.25, 0.3) is 0 Å². The van der Waals surface area contributed by atoms with Crippen molar-refractivity contribution in [1.82, 2.24) is 4.90 Å². The van der Waals surface area contributed by atoms with E-state index in [2.05, 4.69) is 47.1 Å². The topological polar surface area (TPSA) is 26.7 Å². The third-order valence-electron chi connectivity index (χ3n) is 3.48. The Bertz CT molecular complexity index is 352. The van der Waals surface area contributed by atoms with Crippen molar-refractivity contribution < 1.29 is 5.11 Å². The molecule has 1 aromatic rings. The van der Waals surface area contributed by atoms with E-state index in [4.69, 9.17) is 0 Å². The van der Waals surface area contributed by atoms with E-state index in [-0.39, 0.29) is 6.10 Å². The van der Waals surface area contributed by atoms with E-state index in [1.807, 2.05) is 11.8 Å². The summed E-state index contributed by atoms with van der Waals surface area (Å²) >= 11 is 1.82. The molecule has 0 bridgehead atoms. The van der Waals surface area contributed by atoms with Crippen molar-refractivity contribution in [2.24, 2.45) is 0 Å². The number of aliphatic hydroxyl groups excluding tert-OH is 1. The third kappa shape index (κ3) is 4.71. The molecule has 106 valence electrons. The predicted octanol–water partition coefficient (Wildman–Crippen LogP) is 1.92. The first kappa shape index (κ1) is 14.7. The molecule has 3 nitrogen and oxygen atoms in total. The van der Waals surface area contributed by atoms with E-state index in [1.54, 1.807) is 0 Å². The van der Waals surface area contributed by atoms with Crippen molar-refractivity contribution in [2.75, 3.05) is 49.1 Å². The van der Waals surface area contributed by atoms with Gasteiger partial charge in [-0.1, -0.05) is 25.1 Å². The zero-order valence-corrected chi connectivity index (χ0v) is 12.5. The van der Waals surface area contributed by atoms with E-state index in [0.29, 0.717) is 0 Å². The average molecular weight is 280 g/mol. The number of anilines is 1. The number of piperazine rings is 1. The Morgan fingerprint density at radius 2 is 1.84 bits per heavy atom. The molecule has 1 N–H and O–H groups in total. The van der Waals surface area contributed by atoms with Crippen molar-refractivity contribution in [1.29, 1.82) is 0 Å². The monoisotopic (exact) mass is 280 g/mol. The van der Waals surface area contributed by atoms with Gasteiger partial charge in [0.1, 0.15) is 0 Å². The number of hydrogen-bond donors (Lipinski definition) is 1. The molecule has 1 atom stereocenters. The van der Waals surface area contributed by atoms with Gasteiger partial charge >= 0.3 is 0 Å². The maximum atomic E-state index is 9.94. The normalized spacial score (nSPS) is 18.5. The van der Waals surface area contributed by atoms with Crippen LogP contribution in [-0.4, -0.2) is 60.3 Å². The molecule has 1 heterocycles. The molecule has 1 aromatic carbocycles. The summed E-state index contributed by atoms with van der Waals surface area (Å²) in [7, 11) is 0. The van der Waals surface area contributed by atoms with Gasteiger partial charge in [-0.3, -0.25) is 4.90 Å². The molecule has 1 aliphatic heterocycles. The summed E-state index contributed by atoms with van der Waals surface area (Å²) in [5, 5.41) is 9.94. The number of aliphatic hydroxyl groups is 1. The third-order valence-corrected chi connectivity index (χ3v) is 4.51. The van der Waals surface area contributed by atoms with E-state index < -0.39 is 0 Å². The summed E-state index contributed by atoms with van der Waals surface area (Å²) in [5.74, 6) is 1.94. The Kier molecular flexibility index (Phi) is 6.01. The van der Waals surface area contributed by atoms with Crippen LogP contribution in [0.1, 0.15) is 6.92 Å². The average Bonchev–Trinajstić information content (AvgIpc) is 2.47. The van der Waals surface area contributed by atoms with Gasteiger partial charge in [-0.25, -0.2) is 0 Å². The van der Waals surface area contributed by atoms with Crippen LogP contribution < -0.4 is 4.90 Å². The van der Waals surface area contributed by atoms with Gasteiger partial charge < -0.3 is 10.0 Å². The Labute approximate surface area is 120 Å². The van der Waals surface area contributed by atoms with Crippen LogP contribution >= 0.6 is 11.8 Å². The number of para-hydroxylation sites is 1. The van der Waals surface area contributed by atoms with Crippen molar-refractivity contribution in [2.45, 2.75) is 13.0 Å². The molecule has 2 rings (SSSR count). The highest BCUT2D eigenvalue weighted by molar-refractivity contribution is 7.99. The number of rotatable bonds is 6. The highest BCUT2D eigenvalue weighted by atomic mass is 32.2. The molecule has 19 heavy (non-hydrogen) atoms. The maximum absolute atomic E-state index is 9.94. The van der Waals surface area contributed by atoms with Gasteiger partial charge in [0.05, 0.1) is 6.10 Å². The smallest absolute Gasteiger partial charge is 0.0757 e. The lowest BCUT2D eigenvalue weighted by molar-refractivity contribution is 0.126. The second kappa shape index (κ2) is 7.78. The Hall–Kier alpha value is -0.710. The number of β-amino-alcohol motifs (C(OH)–C–C–N with tert-alkyl or cyclic N) is 1. The molecular weight excluding hydrogens is 256 g/mol. The molecule has 0 aliphatic carbocycles. The number of nitrogens with zero attached hydrogens (tertiary/aromatic N) is 2. The van der Waals surface area contributed by atoms with Crippen molar-refractivity contribution in [3.63, 3.8) is 0 Å². The highest BCUT2D eigenvalue weighted by Crippen LogP contribution is 2.15. The molecule has 0 amide bonds. The second-order valence-corrected chi connectivity index (χ2v) is 6.26. The Morgan fingerprint density at radius 1 is 1.16 bits per heavy atom. The summed E-state index contributed by atoms with van der Waals surface area (Å²) in [5.41, 5.74) is 1.31. The molecule has 1 aliphatic rings. The minimum Gasteiger partial charge on any atom is -0.391 e. The fourth-order valence-corrected chi connectivity index (χ4v) is 3.05. The molecule has 0 spiro atoms. The van der Waals surface area contributed by atoms with Crippen LogP contribution in [0.15, 0.2) is 30.3 Å². The number of thioether (sulfide) groups is 1. The Balaban J connectivity index is 1.73. The largest absolute Gasteiger partial charge is 0.391 e. The first-order valence-electron chi connectivity index (χ1n) is 7.07. The zero-order chi connectivity index (χ0) is 13.5. The lowest BCUT2D eigenvalue weighted by atomic mass is 10.2. The Morgan fingerprint density at radius 3 is 2.47 bits per heavy atom. The van der Waals surface area contributed by atoms with E-state index in [0.717, 1.165) is 44.2 Å². The van der Waals surface area contributed by atoms with Crippen LogP contribution in [0.2, 0.25) is 0 Å². The quantitative estimate of drug-likeness (QED) is 0.861. The van der Waals surface area contributed by atoms with E-state index in [1.165, 1.54) is 5.69 Å². The van der Waals surface area contributed by atoms with Gasteiger partial charge in [-0.15, -0.1) is 0 Å². The summed E-state index contributed by atoms with van der Waals surface area (Å²) in [6.07, 6.45) is -0.187. The molecule has 0 saturated carbocycles. The minimum atomic E-state index is -0.187. The summed E-state index contributed by atoms with van der Waals surface area (Å²) < 4.78 is 0. The van der Waals surface area contributed by atoms with Crippen molar-refractivity contribution in [3.05, 3.63) is 30.3 Å². The molecule has 1 saturated heterocycles. The van der Waals surface area contributed by atoms with Crippen LogP contribution in [0.3, 0.4) is 0 Å². The lowest BCUT2D eigenvalue weighted by Crippen LogP contribution is -2.48. The van der Waals surface area contributed by atoms with Crippen LogP contribution in [0.4, 0.5) is 5.69 Å². The van der Waals surface area contributed by atoms with Crippen LogP contribution in [0, 0.1) is 0 Å². The number of hydrogen-bond acceptors (Lipinski definition) is 4. The predicted molar refractivity (Wildman–Crippen MR) is 84.1 cm³/mol. The standard InChI is InChI=1S/C15H24N2OS/c1-2-19-13-15(18)12-16-8-10-17(11-9-16)14-6-4-3-5-7-14/h3-7,15,18H,2,8-13H2,1H3/t15-/m0/s1. The summed E-state index contributed by atoms with van der Waals surface area (Å²) in [6.45, 7) is 7.15. The maximum Gasteiger partial charge on any atom is 0.0757 e. The van der Waals surface area contributed by atoms with Crippen molar-refractivity contribution >= 4 is 17.4 Å². The summed E-state index contributed by atoms with van der Waals surface area (Å²) in [4.78, 5) is 4.80. The second-order valence-electron chi connectivity index (χ2n) is 4.94. The van der Waals surface area contributed by atoms with E-state index >= 15 is 0 Å². The SMILES string of the molecule is CCSC[C@@H](O)CN1CCN(c2ccccc2)CC1. The van der Waals surface area contributed by atoms with Gasteiger partial charge in [-0.05, 0) is 17.9 Å². The first-order chi connectivity index (χ1) is 9.29. The fraction of sp³-hybridized carbons (Fsp3) is 0.600. The van der Waals surface area contributed by atoms with Gasteiger partial charge in [-0.2, -0.15) is 11.8 Å². The van der Waals surface area contributed by atoms with Gasteiger partial charge in [0.15, 0.2) is 0 Å². The fourth-order valence-electron chi connectivity index (χ4n) is 2.43. The molecule has 0 unspecified atom stereocenters. The highest BCUT2D eigenvalue weighted by Gasteiger charge is 2.19.